The third-order valence-corrected chi connectivity index (χ3v) is 4.80. The smallest absolute Gasteiger partial charge is 0.270 e. The van der Waals surface area contributed by atoms with E-state index in [2.05, 4.69) is 36.5 Å². The molecule has 1 fully saturated rings. The lowest BCUT2D eigenvalue weighted by atomic mass is 10.2. The van der Waals surface area contributed by atoms with Crippen LogP contribution in [0, 0.1) is 13.8 Å². The zero-order valence-electron chi connectivity index (χ0n) is 13.9. The molecule has 3 rings (SSSR count). The van der Waals surface area contributed by atoms with Crippen molar-refractivity contribution >= 4 is 33.5 Å². The second-order valence-corrected chi connectivity index (χ2v) is 7.14. The number of carbonyl (C=O) groups is 1. The van der Waals surface area contributed by atoms with Crippen LogP contribution in [0.1, 0.15) is 47.4 Å². The van der Waals surface area contributed by atoms with Gasteiger partial charge in [-0.3, -0.25) is 4.79 Å². The zero-order chi connectivity index (χ0) is 17.1. The Balaban J connectivity index is 1.79. The molecule has 126 valence electrons. The predicted octanol–water partition coefficient (Wildman–Crippen LogP) is 4.27. The highest BCUT2D eigenvalue weighted by molar-refractivity contribution is 9.10. The second kappa shape index (κ2) is 7.30. The van der Waals surface area contributed by atoms with Crippen LogP contribution >= 0.6 is 15.9 Å². The topological polar surface area (TPSA) is 66.9 Å². The van der Waals surface area contributed by atoms with Gasteiger partial charge in [0, 0.05) is 16.2 Å². The summed E-state index contributed by atoms with van der Waals surface area (Å²) < 4.78 is 0.935. The molecule has 0 unspecified atom stereocenters. The molecule has 1 aliphatic carbocycles. The van der Waals surface area contributed by atoms with E-state index in [1.165, 1.54) is 12.8 Å². The van der Waals surface area contributed by atoms with Crippen molar-refractivity contribution in [2.24, 2.45) is 0 Å². The highest BCUT2D eigenvalue weighted by Crippen LogP contribution is 2.26. The summed E-state index contributed by atoms with van der Waals surface area (Å²) in [5, 5.41) is 6.25. The average molecular weight is 389 g/mol. The summed E-state index contributed by atoms with van der Waals surface area (Å²) >= 11 is 3.53. The standard InChI is InChI=1S/C18H21BrN4O/c1-11-7-8-15(14(19)9-11)22-18-20-12(2)10-16(23-18)17(24)21-13-5-3-4-6-13/h7-10,13H,3-6H2,1-2H3,(H,21,24)(H,20,22,23). The number of halogens is 1. The third-order valence-electron chi connectivity index (χ3n) is 4.15. The molecule has 6 heteroatoms. The van der Waals surface area contributed by atoms with Gasteiger partial charge in [-0.25, -0.2) is 9.97 Å². The number of hydrogen-bond acceptors (Lipinski definition) is 4. The van der Waals surface area contributed by atoms with Crippen molar-refractivity contribution in [3.63, 3.8) is 0 Å². The molecule has 0 aliphatic heterocycles. The molecule has 0 radical (unpaired) electrons. The number of aryl methyl sites for hydroxylation is 2. The van der Waals surface area contributed by atoms with Gasteiger partial charge in [-0.2, -0.15) is 0 Å². The Bertz CT molecular complexity index is 757. The summed E-state index contributed by atoms with van der Waals surface area (Å²) in [6.45, 7) is 3.90. The summed E-state index contributed by atoms with van der Waals surface area (Å²) in [4.78, 5) is 21.2. The maximum atomic E-state index is 12.4. The fourth-order valence-electron chi connectivity index (χ4n) is 2.91. The molecular weight excluding hydrogens is 368 g/mol. The number of rotatable bonds is 4. The lowest BCUT2D eigenvalue weighted by Gasteiger charge is -2.13. The number of carbonyl (C=O) groups excluding carboxylic acids is 1. The van der Waals surface area contributed by atoms with Crippen LogP contribution in [0.3, 0.4) is 0 Å². The van der Waals surface area contributed by atoms with E-state index in [9.17, 15) is 4.79 Å². The van der Waals surface area contributed by atoms with Crippen LogP contribution in [-0.2, 0) is 0 Å². The van der Waals surface area contributed by atoms with Gasteiger partial charge in [0.15, 0.2) is 0 Å². The van der Waals surface area contributed by atoms with Gasteiger partial charge < -0.3 is 10.6 Å². The van der Waals surface area contributed by atoms with Gasteiger partial charge >= 0.3 is 0 Å². The van der Waals surface area contributed by atoms with Crippen molar-refractivity contribution in [3.8, 4) is 0 Å². The molecular formula is C18H21BrN4O. The van der Waals surface area contributed by atoms with E-state index in [1.807, 2.05) is 32.0 Å². The largest absolute Gasteiger partial charge is 0.348 e. The van der Waals surface area contributed by atoms with Gasteiger partial charge in [0.1, 0.15) is 5.69 Å². The lowest BCUT2D eigenvalue weighted by Crippen LogP contribution is -2.33. The van der Waals surface area contributed by atoms with Crippen molar-refractivity contribution in [2.45, 2.75) is 45.6 Å². The van der Waals surface area contributed by atoms with E-state index < -0.39 is 0 Å². The Morgan fingerprint density at radius 2 is 1.92 bits per heavy atom. The molecule has 1 heterocycles. The molecule has 1 amide bonds. The maximum Gasteiger partial charge on any atom is 0.270 e. The van der Waals surface area contributed by atoms with Crippen LogP contribution in [0.2, 0.25) is 0 Å². The maximum absolute atomic E-state index is 12.4. The minimum atomic E-state index is -0.126. The van der Waals surface area contributed by atoms with Gasteiger partial charge in [-0.1, -0.05) is 18.9 Å². The summed E-state index contributed by atoms with van der Waals surface area (Å²) in [7, 11) is 0. The van der Waals surface area contributed by atoms with Gasteiger partial charge in [0.25, 0.3) is 5.91 Å². The number of nitrogens with one attached hydrogen (secondary N) is 2. The molecule has 0 atom stereocenters. The zero-order valence-corrected chi connectivity index (χ0v) is 15.5. The Hall–Kier alpha value is -1.95. The summed E-state index contributed by atoms with van der Waals surface area (Å²) in [6.07, 6.45) is 4.47. The van der Waals surface area contributed by atoms with Crippen LogP contribution < -0.4 is 10.6 Å². The van der Waals surface area contributed by atoms with Crippen LogP contribution in [0.5, 0.6) is 0 Å². The van der Waals surface area contributed by atoms with Gasteiger partial charge in [0.05, 0.1) is 5.69 Å². The highest BCUT2D eigenvalue weighted by Gasteiger charge is 2.19. The minimum absolute atomic E-state index is 0.126. The minimum Gasteiger partial charge on any atom is -0.348 e. The Morgan fingerprint density at radius 3 is 2.62 bits per heavy atom. The number of anilines is 2. The number of hydrogen-bond donors (Lipinski definition) is 2. The molecule has 24 heavy (non-hydrogen) atoms. The van der Waals surface area contributed by atoms with Crippen LogP contribution in [-0.4, -0.2) is 21.9 Å². The quantitative estimate of drug-likeness (QED) is 0.820. The van der Waals surface area contributed by atoms with Crippen LogP contribution in [0.4, 0.5) is 11.6 Å². The number of nitrogens with zero attached hydrogens (tertiary/aromatic N) is 2. The average Bonchev–Trinajstić information content (AvgIpc) is 3.02. The molecule has 1 aliphatic rings. The molecule has 0 bridgehead atoms. The molecule has 1 aromatic carbocycles. The Kier molecular flexibility index (Phi) is 5.14. The molecule has 2 aromatic rings. The number of aromatic nitrogens is 2. The summed E-state index contributed by atoms with van der Waals surface area (Å²) in [5.74, 6) is 0.301. The van der Waals surface area contributed by atoms with E-state index >= 15 is 0 Å². The van der Waals surface area contributed by atoms with Crippen LogP contribution in [0.15, 0.2) is 28.7 Å². The van der Waals surface area contributed by atoms with Crippen molar-refractivity contribution in [1.29, 1.82) is 0 Å². The van der Waals surface area contributed by atoms with Crippen molar-refractivity contribution in [2.75, 3.05) is 5.32 Å². The van der Waals surface area contributed by atoms with E-state index in [0.717, 1.165) is 34.3 Å². The Morgan fingerprint density at radius 1 is 1.17 bits per heavy atom. The normalized spacial score (nSPS) is 14.6. The monoisotopic (exact) mass is 388 g/mol. The molecule has 2 N–H and O–H groups in total. The third kappa shape index (κ3) is 4.12. The number of amides is 1. The molecule has 0 saturated heterocycles. The first-order valence-electron chi connectivity index (χ1n) is 8.21. The van der Waals surface area contributed by atoms with E-state index in [0.29, 0.717) is 11.6 Å². The highest BCUT2D eigenvalue weighted by atomic mass is 79.9. The van der Waals surface area contributed by atoms with E-state index in [-0.39, 0.29) is 11.9 Å². The fraction of sp³-hybridized carbons (Fsp3) is 0.389. The lowest BCUT2D eigenvalue weighted by molar-refractivity contribution is 0.0932. The van der Waals surface area contributed by atoms with Gasteiger partial charge in [-0.15, -0.1) is 0 Å². The molecule has 0 spiro atoms. The van der Waals surface area contributed by atoms with Crippen molar-refractivity contribution < 1.29 is 4.79 Å². The van der Waals surface area contributed by atoms with Gasteiger partial charge in [0.2, 0.25) is 5.95 Å². The van der Waals surface area contributed by atoms with E-state index in [4.69, 9.17) is 0 Å². The first-order valence-corrected chi connectivity index (χ1v) is 9.00. The van der Waals surface area contributed by atoms with Gasteiger partial charge in [-0.05, 0) is 66.4 Å². The predicted molar refractivity (Wildman–Crippen MR) is 98.7 cm³/mol. The molecule has 1 aromatic heterocycles. The van der Waals surface area contributed by atoms with E-state index in [1.54, 1.807) is 6.07 Å². The van der Waals surface area contributed by atoms with Crippen LogP contribution in [0.25, 0.3) is 0 Å². The fourth-order valence-corrected chi connectivity index (χ4v) is 3.50. The SMILES string of the molecule is Cc1ccc(Nc2nc(C)cc(C(=O)NC3CCCC3)n2)c(Br)c1. The first kappa shape index (κ1) is 16.9. The second-order valence-electron chi connectivity index (χ2n) is 6.28. The Labute approximate surface area is 150 Å². The summed E-state index contributed by atoms with van der Waals surface area (Å²) in [6, 6.07) is 7.99. The van der Waals surface area contributed by atoms with Crippen molar-refractivity contribution in [3.05, 3.63) is 45.7 Å². The summed E-state index contributed by atoms with van der Waals surface area (Å²) in [5.41, 5.74) is 3.19. The van der Waals surface area contributed by atoms with Crippen molar-refractivity contribution in [1.82, 2.24) is 15.3 Å². The molecule has 1 saturated carbocycles. The molecule has 5 nitrogen and oxygen atoms in total. The number of benzene rings is 1. The first-order chi connectivity index (χ1) is 11.5.